The standard InChI is InChI=1S/C14H15ClF3N3O2/c15-10-4-2-9(3-5-10)12(14(16,17)18)20-11(22)8-21-7-1-6-19-13(21)23/h2-5,12H,1,6-8H2,(H,19,23)(H,20,22)/t12-/m0/s1. The number of urea groups is 1. The molecule has 0 unspecified atom stereocenters. The van der Waals surface area contributed by atoms with Gasteiger partial charge in [0, 0.05) is 18.1 Å². The fourth-order valence-electron chi connectivity index (χ4n) is 2.22. The second-order valence-corrected chi connectivity index (χ2v) is 5.54. The Bertz CT molecular complexity index is 578. The molecule has 1 aliphatic heterocycles. The summed E-state index contributed by atoms with van der Waals surface area (Å²) in [7, 11) is 0. The lowest BCUT2D eigenvalue weighted by atomic mass is 10.1. The van der Waals surface area contributed by atoms with Gasteiger partial charge in [0.25, 0.3) is 0 Å². The van der Waals surface area contributed by atoms with Crippen LogP contribution >= 0.6 is 11.6 Å². The lowest BCUT2D eigenvalue weighted by Crippen LogP contribution is -2.51. The molecule has 3 amide bonds. The summed E-state index contributed by atoms with van der Waals surface area (Å²) >= 11 is 5.66. The highest BCUT2D eigenvalue weighted by Crippen LogP contribution is 2.33. The molecule has 0 aliphatic carbocycles. The fourth-order valence-corrected chi connectivity index (χ4v) is 2.34. The molecule has 2 rings (SSSR count). The van der Waals surface area contributed by atoms with Gasteiger partial charge < -0.3 is 15.5 Å². The van der Waals surface area contributed by atoms with Gasteiger partial charge in [-0.1, -0.05) is 23.7 Å². The number of benzene rings is 1. The Labute approximate surface area is 135 Å². The number of carbonyl (C=O) groups excluding carboxylic acids is 2. The molecule has 2 N–H and O–H groups in total. The molecule has 1 aliphatic rings. The SMILES string of the molecule is O=C(CN1CCCNC1=O)N[C@@H](c1ccc(Cl)cc1)C(F)(F)F. The predicted molar refractivity (Wildman–Crippen MR) is 78.0 cm³/mol. The molecule has 1 heterocycles. The minimum atomic E-state index is -4.66. The molecule has 23 heavy (non-hydrogen) atoms. The average Bonchev–Trinajstić information content (AvgIpc) is 2.47. The van der Waals surface area contributed by atoms with Crippen molar-refractivity contribution in [3.05, 3.63) is 34.9 Å². The van der Waals surface area contributed by atoms with Crippen molar-refractivity contribution < 1.29 is 22.8 Å². The van der Waals surface area contributed by atoms with E-state index in [0.29, 0.717) is 24.5 Å². The predicted octanol–water partition coefficient (Wildman–Crippen LogP) is 2.47. The van der Waals surface area contributed by atoms with E-state index < -0.39 is 30.7 Å². The minimum Gasteiger partial charge on any atom is -0.339 e. The van der Waals surface area contributed by atoms with E-state index in [4.69, 9.17) is 11.6 Å². The summed E-state index contributed by atoms with van der Waals surface area (Å²) in [5, 5.41) is 4.76. The summed E-state index contributed by atoms with van der Waals surface area (Å²) in [5.74, 6) is -0.876. The second kappa shape index (κ2) is 7.08. The summed E-state index contributed by atoms with van der Waals surface area (Å²) in [6.45, 7) is 0.399. The molecule has 1 fully saturated rings. The van der Waals surface area contributed by atoms with Crippen LogP contribution < -0.4 is 10.6 Å². The highest BCUT2D eigenvalue weighted by atomic mass is 35.5. The molecule has 1 atom stereocenters. The van der Waals surface area contributed by atoms with Crippen LogP contribution in [0.1, 0.15) is 18.0 Å². The van der Waals surface area contributed by atoms with Crippen LogP contribution in [0.4, 0.5) is 18.0 Å². The number of rotatable bonds is 4. The highest BCUT2D eigenvalue weighted by molar-refractivity contribution is 6.30. The van der Waals surface area contributed by atoms with Crippen LogP contribution in [0, 0.1) is 0 Å². The van der Waals surface area contributed by atoms with Gasteiger partial charge in [-0.25, -0.2) is 4.79 Å². The Balaban J connectivity index is 2.07. The van der Waals surface area contributed by atoms with Gasteiger partial charge in [-0.05, 0) is 24.1 Å². The number of alkyl halides is 3. The van der Waals surface area contributed by atoms with E-state index in [1.54, 1.807) is 0 Å². The van der Waals surface area contributed by atoms with Crippen LogP contribution in [0.3, 0.4) is 0 Å². The van der Waals surface area contributed by atoms with Gasteiger partial charge in [0.1, 0.15) is 6.54 Å². The maximum atomic E-state index is 13.2. The van der Waals surface area contributed by atoms with Crippen molar-refractivity contribution in [2.75, 3.05) is 19.6 Å². The quantitative estimate of drug-likeness (QED) is 0.877. The molecule has 126 valence electrons. The van der Waals surface area contributed by atoms with Gasteiger partial charge in [-0.15, -0.1) is 0 Å². The van der Waals surface area contributed by atoms with E-state index in [2.05, 4.69) is 5.32 Å². The van der Waals surface area contributed by atoms with Gasteiger partial charge in [-0.2, -0.15) is 13.2 Å². The Morgan fingerprint density at radius 1 is 1.35 bits per heavy atom. The van der Waals surface area contributed by atoms with Crippen LogP contribution in [0.15, 0.2) is 24.3 Å². The average molecular weight is 350 g/mol. The maximum absolute atomic E-state index is 13.2. The van der Waals surface area contributed by atoms with Crippen LogP contribution in [-0.4, -0.2) is 42.6 Å². The normalized spacial score (nSPS) is 16.7. The van der Waals surface area contributed by atoms with Crippen LogP contribution in [0.25, 0.3) is 0 Å². The summed E-state index contributed by atoms with van der Waals surface area (Å²) < 4.78 is 39.5. The first kappa shape index (κ1) is 17.4. The molecule has 1 aromatic carbocycles. The summed E-state index contributed by atoms with van der Waals surface area (Å²) in [6, 6.07) is 2.43. The number of halogens is 4. The van der Waals surface area contributed by atoms with Crippen LogP contribution in [0.5, 0.6) is 0 Å². The Morgan fingerprint density at radius 2 is 2.00 bits per heavy atom. The van der Waals surface area contributed by atoms with Gasteiger partial charge in [0.15, 0.2) is 6.04 Å². The minimum absolute atomic E-state index is 0.127. The van der Waals surface area contributed by atoms with Gasteiger partial charge in [-0.3, -0.25) is 4.79 Å². The molecule has 9 heteroatoms. The largest absolute Gasteiger partial charge is 0.412 e. The third-order valence-electron chi connectivity index (χ3n) is 3.34. The lowest BCUT2D eigenvalue weighted by Gasteiger charge is -2.28. The van der Waals surface area contributed by atoms with Crippen molar-refractivity contribution >= 4 is 23.5 Å². The molecule has 0 radical (unpaired) electrons. The number of hydrogen-bond acceptors (Lipinski definition) is 2. The number of nitrogens with zero attached hydrogens (tertiary/aromatic N) is 1. The summed E-state index contributed by atoms with van der Waals surface area (Å²) in [4.78, 5) is 24.6. The molecule has 1 saturated heterocycles. The van der Waals surface area contributed by atoms with Crippen LogP contribution in [-0.2, 0) is 4.79 Å². The van der Waals surface area contributed by atoms with Gasteiger partial charge in [0.05, 0.1) is 0 Å². The molecular weight excluding hydrogens is 335 g/mol. The van der Waals surface area contributed by atoms with Gasteiger partial charge >= 0.3 is 12.2 Å². The molecule has 1 aromatic rings. The molecule has 0 spiro atoms. The topological polar surface area (TPSA) is 61.4 Å². The first-order valence-corrected chi connectivity index (χ1v) is 7.29. The zero-order chi connectivity index (χ0) is 17.0. The molecule has 5 nitrogen and oxygen atoms in total. The monoisotopic (exact) mass is 349 g/mol. The maximum Gasteiger partial charge on any atom is 0.412 e. The second-order valence-electron chi connectivity index (χ2n) is 5.10. The Kier molecular flexibility index (Phi) is 5.35. The molecule has 0 aromatic heterocycles. The third kappa shape index (κ3) is 4.75. The molecule has 0 saturated carbocycles. The fraction of sp³-hybridized carbons (Fsp3) is 0.429. The number of hydrogen-bond donors (Lipinski definition) is 2. The molecular formula is C14H15ClF3N3O2. The number of amides is 3. The highest BCUT2D eigenvalue weighted by Gasteiger charge is 2.42. The van der Waals surface area contributed by atoms with Crippen molar-refractivity contribution in [2.45, 2.75) is 18.6 Å². The van der Waals surface area contributed by atoms with Crippen LogP contribution in [0.2, 0.25) is 5.02 Å². The number of carbonyl (C=O) groups is 2. The molecule has 0 bridgehead atoms. The van der Waals surface area contributed by atoms with E-state index >= 15 is 0 Å². The zero-order valence-electron chi connectivity index (χ0n) is 12.0. The van der Waals surface area contributed by atoms with Crippen molar-refractivity contribution in [1.82, 2.24) is 15.5 Å². The van der Waals surface area contributed by atoms with E-state index in [9.17, 15) is 22.8 Å². The first-order chi connectivity index (χ1) is 10.8. The first-order valence-electron chi connectivity index (χ1n) is 6.91. The Hall–Kier alpha value is -1.96. The Morgan fingerprint density at radius 3 is 2.57 bits per heavy atom. The van der Waals surface area contributed by atoms with Crippen molar-refractivity contribution in [2.24, 2.45) is 0 Å². The lowest BCUT2D eigenvalue weighted by molar-refractivity contribution is -0.163. The third-order valence-corrected chi connectivity index (χ3v) is 3.59. The zero-order valence-corrected chi connectivity index (χ0v) is 12.7. The van der Waals surface area contributed by atoms with E-state index in [1.165, 1.54) is 29.2 Å². The summed E-state index contributed by atoms with van der Waals surface area (Å²) in [5.41, 5.74) is -0.127. The van der Waals surface area contributed by atoms with E-state index in [0.717, 1.165) is 0 Å². The van der Waals surface area contributed by atoms with E-state index in [1.807, 2.05) is 5.32 Å². The van der Waals surface area contributed by atoms with Crippen molar-refractivity contribution in [3.8, 4) is 0 Å². The number of nitrogens with one attached hydrogen (secondary N) is 2. The van der Waals surface area contributed by atoms with Crippen molar-refractivity contribution in [1.29, 1.82) is 0 Å². The smallest absolute Gasteiger partial charge is 0.339 e. The van der Waals surface area contributed by atoms with Gasteiger partial charge in [0.2, 0.25) is 5.91 Å². The van der Waals surface area contributed by atoms with E-state index in [-0.39, 0.29) is 5.56 Å². The summed E-state index contributed by atoms with van der Waals surface area (Å²) in [6.07, 6.45) is -4.02. The van der Waals surface area contributed by atoms with Crippen molar-refractivity contribution in [3.63, 3.8) is 0 Å².